The van der Waals surface area contributed by atoms with Gasteiger partial charge in [-0.1, -0.05) is 30.3 Å². The van der Waals surface area contributed by atoms with Crippen LogP contribution in [0.15, 0.2) is 54.6 Å². The fourth-order valence-corrected chi connectivity index (χ4v) is 2.02. The molecule has 6 heteroatoms. The molecule has 0 aliphatic carbocycles. The highest BCUT2D eigenvalue weighted by atomic mass is 16.5. The van der Waals surface area contributed by atoms with Crippen LogP contribution in [0.3, 0.4) is 0 Å². The summed E-state index contributed by atoms with van der Waals surface area (Å²) in [5, 5.41) is 5.29. The Morgan fingerprint density at radius 3 is 2.21 bits per heavy atom. The maximum atomic E-state index is 11.8. The maximum absolute atomic E-state index is 11.8. The van der Waals surface area contributed by atoms with E-state index in [1.165, 1.54) is 19.2 Å². The second-order valence-corrected chi connectivity index (χ2v) is 5.06. The molecule has 2 aromatic carbocycles. The number of amides is 2. The minimum absolute atomic E-state index is 0.272. The number of rotatable bonds is 6. The van der Waals surface area contributed by atoms with Gasteiger partial charge in [0, 0.05) is 12.2 Å². The molecule has 24 heavy (non-hydrogen) atoms. The number of benzene rings is 2. The number of methoxy groups -OCH3 is 1. The molecule has 6 nitrogen and oxygen atoms in total. The molecule has 0 atom stereocenters. The van der Waals surface area contributed by atoms with Gasteiger partial charge in [0.05, 0.1) is 12.7 Å². The van der Waals surface area contributed by atoms with Gasteiger partial charge in [0.25, 0.3) is 0 Å². The average Bonchev–Trinajstić information content (AvgIpc) is 2.60. The van der Waals surface area contributed by atoms with Crippen LogP contribution in [0.2, 0.25) is 0 Å². The quantitative estimate of drug-likeness (QED) is 0.629. The third-order valence-corrected chi connectivity index (χ3v) is 3.24. The summed E-state index contributed by atoms with van der Waals surface area (Å²) in [4.78, 5) is 34.9. The van der Waals surface area contributed by atoms with Crippen molar-refractivity contribution >= 4 is 23.5 Å². The Morgan fingerprint density at radius 1 is 0.917 bits per heavy atom. The van der Waals surface area contributed by atoms with E-state index < -0.39 is 11.9 Å². The van der Waals surface area contributed by atoms with Gasteiger partial charge in [-0.2, -0.15) is 0 Å². The van der Waals surface area contributed by atoms with Crippen LogP contribution < -0.4 is 10.6 Å². The van der Waals surface area contributed by atoms with Gasteiger partial charge in [-0.3, -0.25) is 9.59 Å². The van der Waals surface area contributed by atoms with Gasteiger partial charge in [-0.25, -0.2) is 4.79 Å². The molecule has 0 aromatic heterocycles. The molecule has 2 amide bonds. The highest BCUT2D eigenvalue weighted by Gasteiger charge is 2.10. The number of nitrogens with one attached hydrogen (secondary N) is 2. The number of hydrogen-bond donors (Lipinski definition) is 2. The molecular formula is C18H18N2O4. The van der Waals surface area contributed by atoms with E-state index in [0.29, 0.717) is 17.8 Å². The van der Waals surface area contributed by atoms with Crippen LogP contribution >= 0.6 is 0 Å². The maximum Gasteiger partial charge on any atom is 0.337 e. The summed E-state index contributed by atoms with van der Waals surface area (Å²) in [6.07, 6.45) is -0.272. The van der Waals surface area contributed by atoms with Gasteiger partial charge in [0.2, 0.25) is 11.8 Å². The van der Waals surface area contributed by atoms with Crippen LogP contribution in [-0.4, -0.2) is 24.9 Å². The molecule has 2 rings (SSSR count). The Bertz CT molecular complexity index is 712. The van der Waals surface area contributed by atoms with Crippen LogP contribution in [0.25, 0.3) is 0 Å². The van der Waals surface area contributed by atoms with Gasteiger partial charge >= 0.3 is 5.97 Å². The van der Waals surface area contributed by atoms with E-state index in [2.05, 4.69) is 15.4 Å². The summed E-state index contributed by atoms with van der Waals surface area (Å²) < 4.78 is 4.59. The summed E-state index contributed by atoms with van der Waals surface area (Å²) in [7, 11) is 1.30. The lowest BCUT2D eigenvalue weighted by Gasteiger charge is -2.07. The molecule has 0 saturated carbocycles. The zero-order valence-electron chi connectivity index (χ0n) is 13.2. The molecule has 0 radical (unpaired) electrons. The van der Waals surface area contributed by atoms with E-state index >= 15 is 0 Å². The molecular weight excluding hydrogens is 308 g/mol. The van der Waals surface area contributed by atoms with E-state index in [1.54, 1.807) is 12.1 Å². The van der Waals surface area contributed by atoms with Gasteiger partial charge in [-0.05, 0) is 29.8 Å². The summed E-state index contributed by atoms with van der Waals surface area (Å²) >= 11 is 0. The first kappa shape index (κ1) is 17.2. The Labute approximate surface area is 139 Å². The van der Waals surface area contributed by atoms with E-state index in [-0.39, 0.29) is 12.3 Å². The average molecular weight is 326 g/mol. The van der Waals surface area contributed by atoms with E-state index in [4.69, 9.17) is 0 Å². The molecule has 2 N–H and O–H groups in total. The van der Waals surface area contributed by atoms with Gasteiger partial charge < -0.3 is 15.4 Å². The number of carbonyl (C=O) groups is 3. The van der Waals surface area contributed by atoms with Crippen molar-refractivity contribution in [2.45, 2.75) is 13.0 Å². The number of ether oxygens (including phenoxy) is 1. The molecule has 0 saturated heterocycles. The van der Waals surface area contributed by atoms with Crippen LogP contribution in [0, 0.1) is 0 Å². The Kier molecular flexibility index (Phi) is 6.08. The van der Waals surface area contributed by atoms with Crippen molar-refractivity contribution in [1.82, 2.24) is 5.32 Å². The number of esters is 1. The van der Waals surface area contributed by atoms with Crippen LogP contribution in [0.1, 0.15) is 22.3 Å². The number of hydrogen-bond acceptors (Lipinski definition) is 4. The summed E-state index contributed by atoms with van der Waals surface area (Å²) in [5.41, 5.74) is 1.85. The fraction of sp³-hybridized carbons (Fsp3) is 0.167. The standard InChI is InChI=1S/C18H18N2O4/c1-24-18(23)14-7-9-15(10-8-14)20-17(22)11-16(21)19-12-13-5-3-2-4-6-13/h2-10H,11-12H2,1H3,(H,19,21)(H,20,22). The highest BCUT2D eigenvalue weighted by Crippen LogP contribution is 2.10. The molecule has 0 aliphatic rings. The second kappa shape index (κ2) is 8.47. The van der Waals surface area contributed by atoms with Crippen molar-refractivity contribution in [1.29, 1.82) is 0 Å². The summed E-state index contributed by atoms with van der Waals surface area (Å²) in [5.74, 6) is -1.23. The first-order chi connectivity index (χ1) is 11.6. The largest absolute Gasteiger partial charge is 0.465 e. The predicted octanol–water partition coefficient (Wildman–Crippen LogP) is 2.12. The van der Waals surface area contributed by atoms with Gasteiger partial charge in [0.1, 0.15) is 6.42 Å². The third-order valence-electron chi connectivity index (χ3n) is 3.24. The highest BCUT2D eigenvalue weighted by molar-refractivity contribution is 6.03. The number of carbonyl (C=O) groups excluding carboxylic acids is 3. The lowest BCUT2D eigenvalue weighted by Crippen LogP contribution is -2.27. The Morgan fingerprint density at radius 2 is 1.58 bits per heavy atom. The van der Waals surface area contributed by atoms with Crippen molar-refractivity contribution in [2.24, 2.45) is 0 Å². The number of anilines is 1. The normalized spacial score (nSPS) is 9.88. The smallest absolute Gasteiger partial charge is 0.337 e. The van der Waals surface area contributed by atoms with Crippen LogP contribution in [-0.2, 0) is 20.9 Å². The monoisotopic (exact) mass is 326 g/mol. The van der Waals surface area contributed by atoms with E-state index in [9.17, 15) is 14.4 Å². The lowest BCUT2D eigenvalue weighted by molar-refractivity contribution is -0.126. The predicted molar refractivity (Wildman–Crippen MR) is 89.3 cm³/mol. The zero-order valence-corrected chi connectivity index (χ0v) is 13.2. The van der Waals surface area contributed by atoms with Crippen LogP contribution in [0.4, 0.5) is 5.69 Å². The first-order valence-electron chi connectivity index (χ1n) is 7.37. The first-order valence-corrected chi connectivity index (χ1v) is 7.37. The Balaban J connectivity index is 1.80. The fourth-order valence-electron chi connectivity index (χ4n) is 2.02. The van der Waals surface area contributed by atoms with Crippen molar-refractivity contribution in [2.75, 3.05) is 12.4 Å². The van der Waals surface area contributed by atoms with Gasteiger partial charge in [0.15, 0.2) is 0 Å². The summed E-state index contributed by atoms with van der Waals surface area (Å²) in [6, 6.07) is 15.7. The van der Waals surface area contributed by atoms with E-state index in [0.717, 1.165) is 5.56 Å². The molecule has 0 bridgehead atoms. The van der Waals surface area contributed by atoms with Crippen molar-refractivity contribution in [3.8, 4) is 0 Å². The van der Waals surface area contributed by atoms with Crippen molar-refractivity contribution < 1.29 is 19.1 Å². The molecule has 0 spiro atoms. The van der Waals surface area contributed by atoms with Gasteiger partial charge in [-0.15, -0.1) is 0 Å². The minimum atomic E-state index is -0.451. The molecule has 0 heterocycles. The zero-order chi connectivity index (χ0) is 17.4. The molecule has 0 fully saturated rings. The summed E-state index contributed by atoms with van der Waals surface area (Å²) in [6.45, 7) is 0.376. The second-order valence-electron chi connectivity index (χ2n) is 5.06. The Hall–Kier alpha value is -3.15. The third kappa shape index (κ3) is 5.24. The van der Waals surface area contributed by atoms with Crippen molar-refractivity contribution in [3.63, 3.8) is 0 Å². The van der Waals surface area contributed by atoms with E-state index in [1.807, 2.05) is 30.3 Å². The molecule has 0 unspecified atom stereocenters. The molecule has 0 aliphatic heterocycles. The minimum Gasteiger partial charge on any atom is -0.465 e. The lowest BCUT2D eigenvalue weighted by atomic mass is 10.2. The SMILES string of the molecule is COC(=O)c1ccc(NC(=O)CC(=O)NCc2ccccc2)cc1. The van der Waals surface area contributed by atoms with Crippen molar-refractivity contribution in [3.05, 3.63) is 65.7 Å². The molecule has 124 valence electrons. The van der Waals surface area contributed by atoms with Crippen LogP contribution in [0.5, 0.6) is 0 Å². The molecule has 2 aromatic rings. The topological polar surface area (TPSA) is 84.5 Å².